The molecule has 0 unspecified atom stereocenters. The highest BCUT2D eigenvalue weighted by Gasteiger charge is 2.32. The first kappa shape index (κ1) is 19.7. The molecule has 2 aromatic rings. The van der Waals surface area contributed by atoms with Gasteiger partial charge in [0.25, 0.3) is 0 Å². The third-order valence-electron chi connectivity index (χ3n) is 3.44. The fourth-order valence-electron chi connectivity index (χ4n) is 2.14. The van der Waals surface area contributed by atoms with Gasteiger partial charge in [-0.3, -0.25) is 9.59 Å². The highest BCUT2D eigenvalue weighted by molar-refractivity contribution is 7.91. The van der Waals surface area contributed by atoms with E-state index in [1.54, 1.807) is 6.07 Å². The number of carbonyl (C=O) groups is 2. The summed E-state index contributed by atoms with van der Waals surface area (Å²) in [6.45, 7) is 3.21. The van der Waals surface area contributed by atoms with Crippen LogP contribution in [-0.4, -0.2) is 33.3 Å². The Morgan fingerprint density at radius 3 is 2.38 bits per heavy atom. The minimum Gasteiger partial charge on any atom is -0.468 e. The fourth-order valence-corrected chi connectivity index (χ4v) is 3.85. The van der Waals surface area contributed by atoms with Crippen molar-refractivity contribution in [1.29, 1.82) is 0 Å². The lowest BCUT2D eigenvalue weighted by Crippen LogP contribution is -2.42. The predicted molar refractivity (Wildman–Crippen MR) is 96.3 cm³/mol. The van der Waals surface area contributed by atoms with E-state index in [-0.39, 0.29) is 23.7 Å². The first-order valence-corrected chi connectivity index (χ1v) is 9.48. The number of sulfone groups is 1. The molecule has 0 bridgehead atoms. The number of hydrogen-bond donors (Lipinski definition) is 2. The van der Waals surface area contributed by atoms with E-state index < -0.39 is 26.9 Å². The Labute approximate surface area is 155 Å². The van der Waals surface area contributed by atoms with Crippen LogP contribution in [0.15, 0.2) is 64.6 Å². The molecule has 0 spiro atoms. The molecular formula is C17H17ClN2O5S. The number of halogens is 1. The second-order valence-electron chi connectivity index (χ2n) is 5.21. The van der Waals surface area contributed by atoms with E-state index in [0.29, 0.717) is 5.02 Å². The number of rotatable bonds is 7. The molecule has 0 aliphatic heterocycles. The number of amides is 2. The molecule has 26 heavy (non-hydrogen) atoms. The van der Waals surface area contributed by atoms with Crippen LogP contribution in [0.25, 0.3) is 0 Å². The molecule has 0 saturated heterocycles. The van der Waals surface area contributed by atoms with E-state index in [2.05, 4.69) is 17.2 Å². The zero-order valence-corrected chi connectivity index (χ0v) is 15.2. The van der Waals surface area contributed by atoms with E-state index in [9.17, 15) is 18.0 Å². The molecular weight excluding hydrogens is 380 g/mol. The standard InChI is InChI=1S/C17H17ClN2O5S/c1-2-9-19-16(21)17(22)20-11-15(14-4-3-10-25-14)26(23,24)13-7-5-12(18)6-8-13/h2-8,10,15H,1,9,11H2,(H,19,21)(H,20,22)/t15-/m1/s1. The molecule has 2 N–H and O–H groups in total. The van der Waals surface area contributed by atoms with Gasteiger partial charge in [-0.15, -0.1) is 6.58 Å². The van der Waals surface area contributed by atoms with Gasteiger partial charge in [-0.2, -0.15) is 0 Å². The number of carbonyl (C=O) groups excluding carboxylic acids is 2. The number of nitrogens with one attached hydrogen (secondary N) is 2. The topological polar surface area (TPSA) is 105 Å². The zero-order valence-electron chi connectivity index (χ0n) is 13.6. The molecule has 1 aromatic carbocycles. The average Bonchev–Trinajstić information content (AvgIpc) is 3.14. The summed E-state index contributed by atoms with van der Waals surface area (Å²) in [4.78, 5) is 23.5. The lowest BCUT2D eigenvalue weighted by molar-refractivity contribution is -0.139. The smallest absolute Gasteiger partial charge is 0.309 e. The quantitative estimate of drug-likeness (QED) is 0.549. The van der Waals surface area contributed by atoms with Crippen LogP contribution < -0.4 is 10.6 Å². The van der Waals surface area contributed by atoms with Crippen LogP contribution in [-0.2, 0) is 19.4 Å². The van der Waals surface area contributed by atoms with Gasteiger partial charge in [-0.05, 0) is 36.4 Å². The van der Waals surface area contributed by atoms with Crippen LogP contribution in [0.4, 0.5) is 0 Å². The summed E-state index contributed by atoms with van der Waals surface area (Å²) in [5.74, 6) is -1.69. The minimum absolute atomic E-state index is 0.0219. The van der Waals surface area contributed by atoms with Gasteiger partial charge >= 0.3 is 11.8 Å². The van der Waals surface area contributed by atoms with E-state index in [4.69, 9.17) is 16.0 Å². The predicted octanol–water partition coefficient (Wildman–Crippen LogP) is 1.87. The van der Waals surface area contributed by atoms with E-state index in [0.717, 1.165) is 0 Å². The third kappa shape index (κ3) is 4.74. The van der Waals surface area contributed by atoms with Gasteiger partial charge in [0, 0.05) is 18.1 Å². The first-order valence-electron chi connectivity index (χ1n) is 7.56. The summed E-state index contributed by atoms with van der Waals surface area (Å²) >= 11 is 5.80. The largest absolute Gasteiger partial charge is 0.468 e. The zero-order chi connectivity index (χ0) is 19.2. The molecule has 0 aliphatic rings. The van der Waals surface area contributed by atoms with E-state index >= 15 is 0 Å². The molecule has 0 radical (unpaired) electrons. The van der Waals surface area contributed by atoms with Crippen molar-refractivity contribution in [1.82, 2.24) is 10.6 Å². The Kier molecular flexibility index (Phi) is 6.59. The van der Waals surface area contributed by atoms with Crippen LogP contribution in [0.5, 0.6) is 0 Å². The number of benzene rings is 1. The summed E-state index contributed by atoms with van der Waals surface area (Å²) in [6.07, 6.45) is 2.75. The van der Waals surface area contributed by atoms with Crippen molar-refractivity contribution in [2.24, 2.45) is 0 Å². The van der Waals surface area contributed by atoms with Crippen molar-refractivity contribution in [2.45, 2.75) is 10.1 Å². The van der Waals surface area contributed by atoms with Crippen molar-refractivity contribution < 1.29 is 22.4 Å². The summed E-state index contributed by atoms with van der Waals surface area (Å²) in [5.41, 5.74) is 0. The minimum atomic E-state index is -3.89. The van der Waals surface area contributed by atoms with Crippen molar-refractivity contribution in [3.8, 4) is 0 Å². The molecule has 0 aliphatic carbocycles. The van der Waals surface area contributed by atoms with E-state index in [1.165, 1.54) is 42.7 Å². The van der Waals surface area contributed by atoms with Crippen LogP contribution in [0.1, 0.15) is 11.0 Å². The Morgan fingerprint density at radius 1 is 1.15 bits per heavy atom. The van der Waals surface area contributed by atoms with Crippen molar-refractivity contribution in [2.75, 3.05) is 13.1 Å². The van der Waals surface area contributed by atoms with Gasteiger partial charge in [0.2, 0.25) is 0 Å². The van der Waals surface area contributed by atoms with Crippen molar-refractivity contribution >= 4 is 33.3 Å². The summed E-state index contributed by atoms with van der Waals surface area (Å²) in [7, 11) is -3.89. The Morgan fingerprint density at radius 2 is 1.81 bits per heavy atom. The van der Waals surface area contributed by atoms with Crippen molar-refractivity contribution in [3.05, 3.63) is 66.1 Å². The van der Waals surface area contributed by atoms with Crippen LogP contribution in [0, 0.1) is 0 Å². The lowest BCUT2D eigenvalue weighted by atomic mass is 10.3. The molecule has 0 fully saturated rings. The lowest BCUT2D eigenvalue weighted by Gasteiger charge is -2.16. The summed E-state index contributed by atoms with van der Waals surface area (Å²) < 4.78 is 31.1. The third-order valence-corrected chi connectivity index (χ3v) is 5.77. The molecule has 1 heterocycles. The fraction of sp³-hybridized carbons (Fsp3) is 0.176. The first-order chi connectivity index (χ1) is 12.4. The van der Waals surface area contributed by atoms with Gasteiger partial charge in [0.1, 0.15) is 11.0 Å². The molecule has 2 rings (SSSR count). The van der Waals surface area contributed by atoms with Crippen LogP contribution >= 0.6 is 11.6 Å². The molecule has 1 aromatic heterocycles. The Balaban J connectivity index is 2.22. The van der Waals surface area contributed by atoms with Gasteiger partial charge in [-0.25, -0.2) is 8.42 Å². The molecule has 0 saturated carbocycles. The highest BCUT2D eigenvalue weighted by Crippen LogP contribution is 2.29. The van der Waals surface area contributed by atoms with Crippen molar-refractivity contribution in [3.63, 3.8) is 0 Å². The van der Waals surface area contributed by atoms with Crippen LogP contribution in [0.3, 0.4) is 0 Å². The van der Waals surface area contributed by atoms with Gasteiger partial charge in [0.05, 0.1) is 11.2 Å². The molecule has 2 amide bonds. The SMILES string of the molecule is C=CCNC(=O)C(=O)NC[C@H](c1ccco1)S(=O)(=O)c1ccc(Cl)cc1. The molecule has 138 valence electrons. The van der Waals surface area contributed by atoms with E-state index in [1.807, 2.05) is 0 Å². The second-order valence-corrected chi connectivity index (χ2v) is 7.78. The van der Waals surface area contributed by atoms with Gasteiger partial charge < -0.3 is 15.1 Å². The van der Waals surface area contributed by atoms with Gasteiger partial charge in [0.15, 0.2) is 9.84 Å². The molecule has 9 heteroatoms. The maximum atomic E-state index is 12.9. The monoisotopic (exact) mass is 396 g/mol. The molecule has 7 nitrogen and oxygen atoms in total. The molecule has 1 atom stereocenters. The number of furan rings is 1. The average molecular weight is 397 g/mol. The number of hydrogen-bond acceptors (Lipinski definition) is 5. The van der Waals surface area contributed by atoms with Crippen LogP contribution in [0.2, 0.25) is 5.02 Å². The Bertz CT molecular complexity index is 876. The van der Waals surface area contributed by atoms with Gasteiger partial charge in [-0.1, -0.05) is 17.7 Å². The Hall–Kier alpha value is -2.58. The normalized spacial score (nSPS) is 12.2. The maximum Gasteiger partial charge on any atom is 0.309 e. The summed E-state index contributed by atoms with van der Waals surface area (Å²) in [5, 5.41) is 3.82. The highest BCUT2D eigenvalue weighted by atomic mass is 35.5. The second kappa shape index (κ2) is 8.68. The maximum absolute atomic E-state index is 12.9. The summed E-state index contributed by atoms with van der Waals surface area (Å²) in [6, 6.07) is 8.67.